The van der Waals surface area contributed by atoms with E-state index >= 15 is 0 Å². The Morgan fingerprint density at radius 3 is 2.62 bits per heavy atom. The van der Waals surface area contributed by atoms with E-state index in [9.17, 15) is 0 Å². The monoisotopic (exact) mass is 234 g/mol. The van der Waals surface area contributed by atoms with Gasteiger partial charge in [-0.15, -0.1) is 0 Å². The van der Waals surface area contributed by atoms with Gasteiger partial charge in [0.05, 0.1) is 11.6 Å². The molecule has 0 N–H and O–H groups in total. The molecule has 1 heterocycles. The Morgan fingerprint density at radius 2 is 2.12 bits per heavy atom. The number of nitriles is 1. The Kier molecular flexibility index (Phi) is 3.18. The maximum atomic E-state index is 8.76. The largest absolute Gasteiger partial charge is 0.300 e. The molecule has 1 aromatic rings. The molecule has 1 saturated heterocycles. The molecule has 1 aliphatic heterocycles. The Morgan fingerprint density at radius 1 is 1.44 bits per heavy atom. The van der Waals surface area contributed by atoms with Crippen LogP contribution >= 0.6 is 11.6 Å². The molecule has 0 bridgehead atoms. The molecule has 0 saturated carbocycles. The molecule has 1 aliphatic rings. The number of rotatable bonds is 2. The second-order valence-electron chi connectivity index (χ2n) is 4.59. The van der Waals surface area contributed by atoms with Crippen molar-refractivity contribution in [1.29, 1.82) is 5.26 Å². The average Bonchev–Trinajstić information content (AvgIpc) is 2.17. The Labute approximate surface area is 101 Å². The minimum absolute atomic E-state index is 0.530. The van der Waals surface area contributed by atoms with E-state index in [1.165, 1.54) is 5.56 Å². The van der Waals surface area contributed by atoms with Crippen LogP contribution in [0.15, 0.2) is 18.2 Å². The molecule has 2 rings (SSSR count). The van der Waals surface area contributed by atoms with Gasteiger partial charge in [0.15, 0.2) is 0 Å². The molecule has 0 aromatic heterocycles. The van der Waals surface area contributed by atoms with Crippen molar-refractivity contribution < 1.29 is 0 Å². The van der Waals surface area contributed by atoms with Crippen LogP contribution in [0.3, 0.4) is 0 Å². The fourth-order valence-corrected chi connectivity index (χ4v) is 2.39. The van der Waals surface area contributed by atoms with Crippen molar-refractivity contribution in [2.24, 2.45) is 0 Å². The van der Waals surface area contributed by atoms with Gasteiger partial charge in [-0.3, -0.25) is 4.90 Å². The first kappa shape index (κ1) is 11.4. The lowest BCUT2D eigenvalue weighted by atomic mass is 9.90. The molecule has 84 valence electrons. The summed E-state index contributed by atoms with van der Waals surface area (Å²) in [5.74, 6) is 0.530. The number of likely N-dealkylation sites (tertiary alicyclic amines) is 1. The SMILES string of the molecule is CC(C)N1CC(c2ccc(C#N)cc2Cl)C1. The normalized spacial score (nSPS) is 17.2. The van der Waals surface area contributed by atoms with Gasteiger partial charge in [-0.25, -0.2) is 0 Å². The van der Waals surface area contributed by atoms with Gasteiger partial charge in [0, 0.05) is 30.1 Å². The van der Waals surface area contributed by atoms with Crippen molar-refractivity contribution in [2.75, 3.05) is 13.1 Å². The highest BCUT2D eigenvalue weighted by molar-refractivity contribution is 6.31. The number of nitrogens with zero attached hydrogens (tertiary/aromatic N) is 2. The molecule has 0 unspecified atom stereocenters. The lowest BCUT2D eigenvalue weighted by Crippen LogP contribution is -2.48. The molecule has 2 nitrogen and oxygen atoms in total. The minimum Gasteiger partial charge on any atom is -0.300 e. The topological polar surface area (TPSA) is 27.0 Å². The standard InChI is InChI=1S/C13H15ClN2/c1-9(2)16-7-11(8-16)12-4-3-10(6-15)5-13(12)14/h3-5,9,11H,7-8H2,1-2H3. The van der Waals surface area contributed by atoms with E-state index in [-0.39, 0.29) is 0 Å². The van der Waals surface area contributed by atoms with E-state index in [1.807, 2.05) is 12.1 Å². The summed E-state index contributed by atoms with van der Waals surface area (Å²) in [7, 11) is 0. The van der Waals surface area contributed by atoms with Crippen LogP contribution < -0.4 is 0 Å². The third-order valence-corrected chi connectivity index (χ3v) is 3.54. The summed E-state index contributed by atoms with van der Waals surface area (Å²) in [6.07, 6.45) is 0. The predicted molar refractivity (Wildman–Crippen MR) is 65.6 cm³/mol. The van der Waals surface area contributed by atoms with Crippen molar-refractivity contribution in [3.63, 3.8) is 0 Å². The van der Waals surface area contributed by atoms with Crippen LogP contribution in [0, 0.1) is 11.3 Å². The first-order chi connectivity index (χ1) is 7.61. The summed E-state index contributed by atoms with van der Waals surface area (Å²) in [5, 5.41) is 9.49. The summed E-state index contributed by atoms with van der Waals surface area (Å²) < 4.78 is 0. The lowest BCUT2D eigenvalue weighted by molar-refractivity contribution is 0.110. The molecule has 16 heavy (non-hydrogen) atoms. The maximum absolute atomic E-state index is 8.76. The number of hydrogen-bond donors (Lipinski definition) is 0. The number of halogens is 1. The van der Waals surface area contributed by atoms with E-state index < -0.39 is 0 Å². The average molecular weight is 235 g/mol. The van der Waals surface area contributed by atoms with Gasteiger partial charge in [0.2, 0.25) is 0 Å². The van der Waals surface area contributed by atoms with Crippen LogP contribution in [-0.4, -0.2) is 24.0 Å². The van der Waals surface area contributed by atoms with Gasteiger partial charge in [-0.05, 0) is 31.5 Å². The van der Waals surface area contributed by atoms with Crippen molar-refractivity contribution >= 4 is 11.6 Å². The first-order valence-electron chi connectivity index (χ1n) is 5.55. The van der Waals surface area contributed by atoms with Gasteiger partial charge in [-0.1, -0.05) is 17.7 Å². The number of hydrogen-bond acceptors (Lipinski definition) is 2. The van der Waals surface area contributed by atoms with Crippen LogP contribution in [0.5, 0.6) is 0 Å². The molecule has 0 atom stereocenters. The summed E-state index contributed by atoms with van der Waals surface area (Å²) in [6, 6.07) is 8.30. The minimum atomic E-state index is 0.530. The molecule has 0 spiro atoms. The van der Waals surface area contributed by atoms with Crippen molar-refractivity contribution in [3.8, 4) is 6.07 Å². The molecular formula is C13H15ClN2. The van der Waals surface area contributed by atoms with E-state index in [4.69, 9.17) is 16.9 Å². The van der Waals surface area contributed by atoms with Crippen LogP contribution in [0.25, 0.3) is 0 Å². The van der Waals surface area contributed by atoms with E-state index in [2.05, 4.69) is 24.8 Å². The molecule has 0 radical (unpaired) electrons. The Bertz CT molecular complexity index is 428. The van der Waals surface area contributed by atoms with Crippen LogP contribution in [-0.2, 0) is 0 Å². The van der Waals surface area contributed by atoms with Gasteiger partial charge in [0.25, 0.3) is 0 Å². The van der Waals surface area contributed by atoms with Gasteiger partial charge in [-0.2, -0.15) is 5.26 Å². The fourth-order valence-electron chi connectivity index (χ4n) is 2.06. The maximum Gasteiger partial charge on any atom is 0.0992 e. The van der Waals surface area contributed by atoms with E-state index in [0.29, 0.717) is 17.5 Å². The first-order valence-corrected chi connectivity index (χ1v) is 5.93. The highest BCUT2D eigenvalue weighted by Crippen LogP contribution is 2.33. The van der Waals surface area contributed by atoms with Crippen molar-refractivity contribution in [2.45, 2.75) is 25.8 Å². The molecule has 1 aromatic carbocycles. The smallest absolute Gasteiger partial charge is 0.0992 e. The third-order valence-electron chi connectivity index (χ3n) is 3.21. The van der Waals surface area contributed by atoms with Crippen LogP contribution in [0.2, 0.25) is 5.02 Å². The van der Waals surface area contributed by atoms with Crippen LogP contribution in [0.4, 0.5) is 0 Å². The molecule has 0 aliphatic carbocycles. The van der Waals surface area contributed by atoms with Gasteiger partial charge in [0.1, 0.15) is 0 Å². The zero-order valence-corrected chi connectivity index (χ0v) is 10.3. The highest BCUT2D eigenvalue weighted by atomic mass is 35.5. The van der Waals surface area contributed by atoms with Crippen LogP contribution in [0.1, 0.15) is 30.9 Å². The quantitative estimate of drug-likeness (QED) is 0.787. The van der Waals surface area contributed by atoms with Crippen molar-refractivity contribution in [1.82, 2.24) is 4.90 Å². The predicted octanol–water partition coefficient (Wildman–Crippen LogP) is 3.02. The Hall–Kier alpha value is -1.04. The summed E-state index contributed by atoms with van der Waals surface area (Å²) in [4.78, 5) is 2.42. The second-order valence-corrected chi connectivity index (χ2v) is 5.00. The molecular weight excluding hydrogens is 220 g/mol. The number of benzene rings is 1. The van der Waals surface area contributed by atoms with Gasteiger partial charge >= 0.3 is 0 Å². The lowest BCUT2D eigenvalue weighted by Gasteiger charge is -2.42. The highest BCUT2D eigenvalue weighted by Gasteiger charge is 2.30. The third kappa shape index (κ3) is 2.07. The van der Waals surface area contributed by atoms with E-state index in [1.54, 1.807) is 6.07 Å². The molecule has 0 amide bonds. The van der Waals surface area contributed by atoms with E-state index in [0.717, 1.165) is 18.1 Å². The second kappa shape index (κ2) is 4.45. The summed E-state index contributed by atoms with van der Waals surface area (Å²) in [5.41, 5.74) is 1.81. The fraction of sp³-hybridized carbons (Fsp3) is 0.462. The summed E-state index contributed by atoms with van der Waals surface area (Å²) in [6.45, 7) is 6.56. The summed E-state index contributed by atoms with van der Waals surface area (Å²) >= 11 is 6.17. The Balaban J connectivity index is 2.10. The zero-order valence-electron chi connectivity index (χ0n) is 9.57. The zero-order chi connectivity index (χ0) is 11.7. The van der Waals surface area contributed by atoms with Gasteiger partial charge < -0.3 is 0 Å². The van der Waals surface area contributed by atoms with Crippen molar-refractivity contribution in [3.05, 3.63) is 34.3 Å². The molecule has 1 fully saturated rings. The molecule has 3 heteroatoms.